The second-order valence-electron chi connectivity index (χ2n) is 10.9. The number of amides is 2. The number of nitrogens with one attached hydrogen (secondary N) is 1. The number of benzene rings is 2. The number of nitrogens with zero attached hydrogens (tertiary/aromatic N) is 2. The second-order valence-corrected chi connectivity index (χ2v) is 10.9. The normalized spacial score (nSPS) is 22.1. The summed E-state index contributed by atoms with van der Waals surface area (Å²) in [6.07, 6.45) is -8.04. The maximum absolute atomic E-state index is 13.9. The number of alkyl halides is 6. The Morgan fingerprint density at radius 1 is 1.03 bits per heavy atom. The van der Waals surface area contributed by atoms with Crippen LogP contribution >= 0.6 is 0 Å². The maximum Gasteiger partial charge on any atom is 0.416 e. The molecule has 2 atom stereocenters. The van der Waals surface area contributed by atoms with E-state index in [2.05, 4.69) is 5.32 Å². The summed E-state index contributed by atoms with van der Waals surface area (Å²) in [5.41, 5.74) is -2.84. The summed E-state index contributed by atoms with van der Waals surface area (Å²) in [6, 6.07) is 6.49. The Kier molecular flexibility index (Phi) is 7.52. The zero-order valence-electron chi connectivity index (χ0n) is 22.1. The molecule has 11 heteroatoms. The van der Waals surface area contributed by atoms with Crippen molar-refractivity contribution in [2.45, 2.75) is 46.0 Å². The van der Waals surface area contributed by atoms with Gasteiger partial charge < -0.3 is 15.1 Å². The molecule has 0 bridgehead atoms. The fourth-order valence-corrected chi connectivity index (χ4v) is 5.49. The van der Waals surface area contributed by atoms with E-state index in [0.717, 1.165) is 24.0 Å². The van der Waals surface area contributed by atoms with Gasteiger partial charge in [-0.2, -0.15) is 26.3 Å². The molecule has 5 nitrogen and oxygen atoms in total. The van der Waals surface area contributed by atoms with E-state index in [-0.39, 0.29) is 25.1 Å². The molecule has 4 rings (SSSR count). The molecule has 0 aromatic heterocycles. The standard InChI is InChI=1S/C28H31F6N3O2/c1-16-6-5-7-17(2)23(16)37-15-26(18(3)24(37)38,14-36(4)13-19-8-9-19)25(39)35-22-11-20(27(29,30)31)10-21(12-22)28(32,33)34/h5-7,10-12,18-19H,8-9,13-15H2,1-4H3,(H,35,39)/t18-,26-/m1/s1. The molecule has 2 aromatic carbocycles. The van der Waals surface area contributed by atoms with Crippen LogP contribution in [0.5, 0.6) is 0 Å². The third-order valence-electron chi connectivity index (χ3n) is 7.73. The van der Waals surface area contributed by atoms with Gasteiger partial charge in [-0.1, -0.05) is 25.1 Å². The molecule has 1 aliphatic carbocycles. The van der Waals surface area contributed by atoms with Gasteiger partial charge in [-0.3, -0.25) is 9.59 Å². The zero-order chi connectivity index (χ0) is 28.9. The van der Waals surface area contributed by atoms with Crippen molar-refractivity contribution in [3.8, 4) is 0 Å². The molecule has 2 amide bonds. The molecule has 2 aliphatic rings. The molecule has 0 unspecified atom stereocenters. The number of para-hydroxylation sites is 1. The number of carbonyl (C=O) groups excluding carboxylic acids is 2. The number of aryl methyl sites for hydroxylation is 2. The van der Waals surface area contributed by atoms with Crippen LogP contribution in [0.25, 0.3) is 0 Å². The minimum atomic E-state index is -5.06. The molecule has 0 radical (unpaired) electrons. The lowest BCUT2D eigenvalue weighted by molar-refractivity contribution is -0.143. The Bertz CT molecular complexity index is 1220. The van der Waals surface area contributed by atoms with Crippen LogP contribution in [0.3, 0.4) is 0 Å². The monoisotopic (exact) mass is 555 g/mol. The zero-order valence-corrected chi connectivity index (χ0v) is 22.1. The van der Waals surface area contributed by atoms with E-state index >= 15 is 0 Å². The molecule has 1 saturated heterocycles. The summed E-state index contributed by atoms with van der Waals surface area (Å²) in [6.45, 7) is 5.97. The Balaban J connectivity index is 1.75. The van der Waals surface area contributed by atoms with Gasteiger partial charge in [0.15, 0.2) is 0 Å². The first-order valence-corrected chi connectivity index (χ1v) is 12.7. The first-order chi connectivity index (χ1) is 18.0. The molecule has 2 aromatic rings. The summed E-state index contributed by atoms with van der Waals surface area (Å²) in [7, 11) is 1.80. The Morgan fingerprint density at radius 3 is 2.05 bits per heavy atom. The fourth-order valence-electron chi connectivity index (χ4n) is 5.49. The Labute approximate surface area is 223 Å². The van der Waals surface area contributed by atoms with Crippen molar-refractivity contribution in [3.05, 3.63) is 58.7 Å². The maximum atomic E-state index is 13.9. The quantitative estimate of drug-likeness (QED) is 0.409. The third kappa shape index (κ3) is 5.92. The van der Waals surface area contributed by atoms with Gasteiger partial charge in [-0.15, -0.1) is 0 Å². The molecule has 1 aliphatic heterocycles. The Morgan fingerprint density at radius 2 is 1.56 bits per heavy atom. The van der Waals surface area contributed by atoms with Crippen molar-refractivity contribution < 1.29 is 35.9 Å². The van der Waals surface area contributed by atoms with E-state index in [1.807, 2.05) is 36.9 Å². The first kappa shape index (κ1) is 28.9. The van der Waals surface area contributed by atoms with E-state index in [4.69, 9.17) is 0 Å². The van der Waals surface area contributed by atoms with Crippen LogP contribution in [-0.2, 0) is 21.9 Å². The highest BCUT2D eigenvalue weighted by molar-refractivity contribution is 6.08. The summed E-state index contributed by atoms with van der Waals surface area (Å²) >= 11 is 0. The van der Waals surface area contributed by atoms with Crippen molar-refractivity contribution in [2.24, 2.45) is 17.3 Å². The highest BCUT2D eigenvalue weighted by Crippen LogP contribution is 2.44. The van der Waals surface area contributed by atoms with Crippen LogP contribution in [0.15, 0.2) is 36.4 Å². The third-order valence-corrected chi connectivity index (χ3v) is 7.73. The molecule has 0 spiro atoms. The second kappa shape index (κ2) is 10.1. The number of hydrogen-bond acceptors (Lipinski definition) is 3. The largest absolute Gasteiger partial charge is 0.416 e. The van der Waals surface area contributed by atoms with Gasteiger partial charge in [-0.05, 0) is 69.0 Å². The van der Waals surface area contributed by atoms with Gasteiger partial charge in [0.2, 0.25) is 11.8 Å². The highest BCUT2D eigenvalue weighted by atomic mass is 19.4. The van der Waals surface area contributed by atoms with E-state index < -0.39 is 46.4 Å². The minimum absolute atomic E-state index is 0.0131. The Hall–Kier alpha value is -3.08. The summed E-state index contributed by atoms with van der Waals surface area (Å²) < 4.78 is 80.6. The van der Waals surface area contributed by atoms with Gasteiger partial charge >= 0.3 is 12.4 Å². The topological polar surface area (TPSA) is 52.6 Å². The van der Waals surface area contributed by atoms with Crippen LogP contribution < -0.4 is 10.2 Å². The van der Waals surface area contributed by atoms with Crippen molar-refractivity contribution in [3.63, 3.8) is 0 Å². The summed E-state index contributed by atoms with van der Waals surface area (Å²) in [5, 5.41) is 2.33. The number of hydrogen-bond donors (Lipinski definition) is 1. The minimum Gasteiger partial charge on any atom is -0.325 e. The van der Waals surface area contributed by atoms with Crippen molar-refractivity contribution >= 4 is 23.2 Å². The highest BCUT2D eigenvalue weighted by Gasteiger charge is 2.56. The lowest BCUT2D eigenvalue weighted by Gasteiger charge is -2.35. The number of halogens is 6. The fraction of sp³-hybridized carbons (Fsp3) is 0.500. The number of carbonyl (C=O) groups is 2. The first-order valence-electron chi connectivity index (χ1n) is 12.7. The molecule has 1 saturated carbocycles. The van der Waals surface area contributed by atoms with Crippen molar-refractivity contribution in [1.29, 1.82) is 0 Å². The average Bonchev–Trinajstić information content (AvgIpc) is 3.60. The predicted molar refractivity (Wildman–Crippen MR) is 135 cm³/mol. The SMILES string of the molecule is Cc1cccc(C)c1N1C[C@@](CN(C)CC2CC2)(C(=O)Nc2cc(C(F)(F)F)cc(C(F)(F)F)c2)[C@H](C)C1=O. The molecule has 1 heterocycles. The van der Waals surface area contributed by atoms with Gasteiger partial charge in [0, 0.05) is 31.0 Å². The number of rotatable bonds is 7. The van der Waals surface area contributed by atoms with Crippen LogP contribution in [0.1, 0.15) is 42.0 Å². The molecule has 39 heavy (non-hydrogen) atoms. The smallest absolute Gasteiger partial charge is 0.325 e. The van der Waals surface area contributed by atoms with E-state index in [1.165, 1.54) is 4.90 Å². The van der Waals surface area contributed by atoms with Gasteiger partial charge in [0.25, 0.3) is 0 Å². The van der Waals surface area contributed by atoms with E-state index in [1.54, 1.807) is 14.0 Å². The molecule has 1 N–H and O–H groups in total. The van der Waals surface area contributed by atoms with Crippen LogP contribution in [0.4, 0.5) is 37.7 Å². The van der Waals surface area contributed by atoms with Crippen LogP contribution in [-0.4, -0.2) is 43.4 Å². The lowest BCUT2D eigenvalue weighted by Crippen LogP contribution is -2.50. The number of anilines is 2. The van der Waals surface area contributed by atoms with E-state index in [9.17, 15) is 35.9 Å². The predicted octanol–water partition coefficient (Wildman–Crippen LogP) is 6.29. The van der Waals surface area contributed by atoms with E-state index in [0.29, 0.717) is 30.3 Å². The van der Waals surface area contributed by atoms with Crippen molar-refractivity contribution in [1.82, 2.24) is 4.90 Å². The summed E-state index contributed by atoms with van der Waals surface area (Å²) in [4.78, 5) is 31.0. The molecular weight excluding hydrogens is 524 g/mol. The van der Waals surface area contributed by atoms with Gasteiger partial charge in [-0.25, -0.2) is 0 Å². The lowest BCUT2D eigenvalue weighted by atomic mass is 9.77. The summed E-state index contributed by atoms with van der Waals surface area (Å²) in [5.74, 6) is -1.56. The van der Waals surface area contributed by atoms with Gasteiger partial charge in [0.1, 0.15) is 0 Å². The molecule has 212 valence electrons. The average molecular weight is 556 g/mol. The van der Waals surface area contributed by atoms with Crippen LogP contribution in [0, 0.1) is 31.1 Å². The van der Waals surface area contributed by atoms with Gasteiger partial charge in [0.05, 0.1) is 22.5 Å². The van der Waals surface area contributed by atoms with Crippen LogP contribution in [0.2, 0.25) is 0 Å². The van der Waals surface area contributed by atoms with Crippen molar-refractivity contribution in [2.75, 3.05) is 36.9 Å². The molecular formula is C28H31F6N3O2. The molecule has 2 fully saturated rings.